The monoisotopic (exact) mass is 210 g/mol. The number of anilines is 1. The third-order valence-electron chi connectivity index (χ3n) is 1.25. The van der Waals surface area contributed by atoms with Gasteiger partial charge in [-0.15, -0.1) is 5.10 Å². The third kappa shape index (κ3) is 3.81. The van der Waals surface area contributed by atoms with Crippen LogP contribution in [-0.4, -0.2) is 22.2 Å². The average molecular weight is 210 g/mol. The molecule has 0 saturated heterocycles. The fourth-order valence-corrected chi connectivity index (χ4v) is 1.11. The van der Waals surface area contributed by atoms with E-state index in [4.69, 9.17) is 0 Å². The molecule has 1 aromatic rings. The molecular formula is C8H10N4OS. The molecule has 0 atom stereocenters. The molecule has 0 spiro atoms. The minimum atomic E-state index is -0.273. The summed E-state index contributed by atoms with van der Waals surface area (Å²) in [5, 5.41) is 9.41. The summed E-state index contributed by atoms with van der Waals surface area (Å²) in [4.78, 5) is 11.1. The van der Waals surface area contributed by atoms with Crippen LogP contribution < -0.4 is 10.6 Å². The van der Waals surface area contributed by atoms with Crippen LogP contribution in [0.5, 0.6) is 0 Å². The Morgan fingerprint density at radius 2 is 2.57 bits per heavy atom. The zero-order chi connectivity index (χ0) is 10.2. The highest BCUT2D eigenvalue weighted by Crippen LogP contribution is 2.07. The summed E-state index contributed by atoms with van der Waals surface area (Å²) in [6, 6.07) is -0.273. The lowest BCUT2D eigenvalue weighted by Gasteiger charge is -2.01. The van der Waals surface area contributed by atoms with E-state index < -0.39 is 0 Å². The fraction of sp³-hybridized carbons (Fsp3) is 0.125. The van der Waals surface area contributed by atoms with E-state index in [1.807, 2.05) is 0 Å². The van der Waals surface area contributed by atoms with E-state index in [2.05, 4.69) is 26.8 Å². The first-order chi connectivity index (χ1) is 6.83. The van der Waals surface area contributed by atoms with Gasteiger partial charge in [-0.05, 0) is 0 Å². The van der Waals surface area contributed by atoms with E-state index >= 15 is 0 Å². The van der Waals surface area contributed by atoms with Gasteiger partial charge in [0.05, 0.1) is 6.20 Å². The molecule has 2 amide bonds. The molecule has 0 bridgehead atoms. The first-order valence-electron chi connectivity index (χ1n) is 3.92. The SMILES string of the molecule is C=CC=CCNC(=O)Nc1cnns1. The van der Waals surface area contributed by atoms with E-state index in [1.165, 1.54) is 6.20 Å². The van der Waals surface area contributed by atoms with Crippen molar-refractivity contribution in [3.05, 3.63) is 31.0 Å². The molecule has 0 aliphatic heterocycles. The summed E-state index contributed by atoms with van der Waals surface area (Å²) in [7, 11) is 0. The predicted molar refractivity (Wildman–Crippen MR) is 56.3 cm³/mol. The first kappa shape index (κ1) is 10.4. The van der Waals surface area contributed by atoms with Gasteiger partial charge in [0.1, 0.15) is 5.00 Å². The molecule has 0 unspecified atom stereocenters. The number of nitrogens with one attached hydrogen (secondary N) is 2. The topological polar surface area (TPSA) is 66.9 Å². The van der Waals surface area contributed by atoms with Gasteiger partial charge in [-0.1, -0.05) is 29.3 Å². The number of carbonyl (C=O) groups excluding carboxylic acids is 1. The van der Waals surface area contributed by atoms with Gasteiger partial charge in [-0.25, -0.2) is 4.79 Å². The summed E-state index contributed by atoms with van der Waals surface area (Å²) in [6.45, 7) is 3.97. The lowest BCUT2D eigenvalue weighted by Crippen LogP contribution is -2.28. The largest absolute Gasteiger partial charge is 0.334 e. The molecule has 6 heteroatoms. The summed E-state index contributed by atoms with van der Waals surface area (Å²) in [6.07, 6.45) is 6.68. The second kappa shape index (κ2) is 5.87. The van der Waals surface area contributed by atoms with Crippen molar-refractivity contribution >= 4 is 22.6 Å². The molecule has 1 aromatic heterocycles. The lowest BCUT2D eigenvalue weighted by molar-refractivity contribution is 0.253. The van der Waals surface area contributed by atoms with Crippen LogP contribution in [0.4, 0.5) is 9.80 Å². The van der Waals surface area contributed by atoms with Gasteiger partial charge >= 0.3 is 6.03 Å². The van der Waals surface area contributed by atoms with Crippen LogP contribution in [0.15, 0.2) is 31.0 Å². The molecule has 0 radical (unpaired) electrons. The Labute approximate surface area is 85.7 Å². The van der Waals surface area contributed by atoms with E-state index in [9.17, 15) is 4.79 Å². The standard InChI is InChI=1S/C8H10N4OS/c1-2-3-4-5-9-8(13)11-7-6-10-12-14-7/h2-4,6H,1,5H2,(H2,9,11,13). The number of hydrogen-bond acceptors (Lipinski definition) is 4. The Balaban J connectivity index is 2.23. The van der Waals surface area contributed by atoms with Crippen molar-refractivity contribution in [2.24, 2.45) is 0 Å². The van der Waals surface area contributed by atoms with Gasteiger partial charge in [0, 0.05) is 18.1 Å². The molecule has 0 aliphatic rings. The van der Waals surface area contributed by atoms with Gasteiger partial charge in [0.25, 0.3) is 0 Å². The van der Waals surface area contributed by atoms with Crippen LogP contribution in [0.2, 0.25) is 0 Å². The normalized spacial score (nSPS) is 10.0. The number of hydrogen-bond donors (Lipinski definition) is 2. The smallest absolute Gasteiger partial charge is 0.320 e. The van der Waals surface area contributed by atoms with Gasteiger partial charge in [-0.2, -0.15) is 0 Å². The summed E-state index contributed by atoms with van der Waals surface area (Å²) in [5.41, 5.74) is 0. The zero-order valence-corrected chi connectivity index (χ0v) is 8.25. The van der Waals surface area contributed by atoms with Crippen molar-refractivity contribution in [1.82, 2.24) is 14.9 Å². The summed E-state index contributed by atoms with van der Waals surface area (Å²) >= 11 is 1.13. The van der Waals surface area contributed by atoms with Gasteiger partial charge < -0.3 is 5.32 Å². The van der Waals surface area contributed by atoms with Crippen LogP contribution in [-0.2, 0) is 0 Å². The maximum atomic E-state index is 11.1. The molecule has 2 N–H and O–H groups in total. The van der Waals surface area contributed by atoms with Crippen LogP contribution in [0.3, 0.4) is 0 Å². The van der Waals surface area contributed by atoms with Crippen LogP contribution in [0.1, 0.15) is 0 Å². The van der Waals surface area contributed by atoms with Crippen LogP contribution in [0, 0.1) is 0 Å². The molecule has 5 nitrogen and oxygen atoms in total. The number of rotatable bonds is 4. The Morgan fingerprint density at radius 3 is 3.21 bits per heavy atom. The maximum absolute atomic E-state index is 11.1. The average Bonchev–Trinajstić information content (AvgIpc) is 2.65. The zero-order valence-electron chi connectivity index (χ0n) is 7.43. The highest BCUT2D eigenvalue weighted by atomic mass is 32.1. The second-order valence-electron chi connectivity index (χ2n) is 2.28. The number of nitrogens with zero attached hydrogens (tertiary/aromatic N) is 2. The molecule has 0 saturated carbocycles. The highest BCUT2D eigenvalue weighted by molar-refractivity contribution is 7.10. The van der Waals surface area contributed by atoms with Crippen molar-refractivity contribution in [3.63, 3.8) is 0 Å². The fourth-order valence-electron chi connectivity index (χ4n) is 0.694. The Kier molecular flexibility index (Phi) is 4.36. The predicted octanol–water partition coefficient (Wildman–Crippen LogP) is 1.40. The molecular weight excluding hydrogens is 200 g/mol. The van der Waals surface area contributed by atoms with Crippen molar-refractivity contribution < 1.29 is 4.79 Å². The number of carbonyl (C=O) groups is 1. The van der Waals surface area contributed by atoms with Crippen molar-refractivity contribution in [1.29, 1.82) is 0 Å². The Hall–Kier alpha value is -1.69. The molecule has 1 rings (SSSR count). The molecule has 0 aliphatic carbocycles. The van der Waals surface area contributed by atoms with E-state index in [-0.39, 0.29) is 6.03 Å². The highest BCUT2D eigenvalue weighted by Gasteiger charge is 2.00. The van der Waals surface area contributed by atoms with E-state index in [1.54, 1.807) is 18.2 Å². The van der Waals surface area contributed by atoms with Crippen molar-refractivity contribution in [2.45, 2.75) is 0 Å². The first-order valence-corrected chi connectivity index (χ1v) is 4.70. The molecule has 14 heavy (non-hydrogen) atoms. The van der Waals surface area contributed by atoms with Crippen LogP contribution in [0.25, 0.3) is 0 Å². The van der Waals surface area contributed by atoms with Gasteiger partial charge in [-0.3, -0.25) is 5.32 Å². The molecule has 0 fully saturated rings. The number of amides is 2. The Bertz CT molecular complexity index is 320. The number of aromatic nitrogens is 2. The number of urea groups is 1. The molecule has 1 heterocycles. The summed E-state index contributed by atoms with van der Waals surface area (Å²) in [5.74, 6) is 0. The van der Waals surface area contributed by atoms with E-state index in [0.29, 0.717) is 11.5 Å². The number of allylic oxidation sites excluding steroid dienone is 2. The maximum Gasteiger partial charge on any atom is 0.320 e. The lowest BCUT2D eigenvalue weighted by atomic mass is 10.5. The quantitative estimate of drug-likeness (QED) is 0.738. The Morgan fingerprint density at radius 1 is 1.71 bits per heavy atom. The van der Waals surface area contributed by atoms with E-state index in [0.717, 1.165) is 11.5 Å². The van der Waals surface area contributed by atoms with Crippen molar-refractivity contribution in [3.8, 4) is 0 Å². The minimum absolute atomic E-state index is 0.273. The van der Waals surface area contributed by atoms with Gasteiger partial charge in [0.15, 0.2) is 0 Å². The molecule has 0 aromatic carbocycles. The van der Waals surface area contributed by atoms with Crippen LogP contribution >= 0.6 is 11.5 Å². The van der Waals surface area contributed by atoms with Gasteiger partial charge in [0.2, 0.25) is 0 Å². The second-order valence-corrected chi connectivity index (χ2v) is 3.07. The molecule has 74 valence electrons. The third-order valence-corrected chi connectivity index (χ3v) is 1.83. The van der Waals surface area contributed by atoms with Crippen molar-refractivity contribution in [2.75, 3.05) is 11.9 Å². The summed E-state index contributed by atoms with van der Waals surface area (Å²) < 4.78 is 3.61. The minimum Gasteiger partial charge on any atom is -0.334 e.